The second kappa shape index (κ2) is 3.95. The Morgan fingerprint density at radius 3 is 2.71 bits per heavy atom. The molecule has 3 rings (SSSR count). The van der Waals surface area contributed by atoms with Crippen molar-refractivity contribution < 1.29 is 14.3 Å². The van der Waals surface area contributed by atoms with E-state index in [9.17, 15) is 4.79 Å². The Kier molecular flexibility index (Phi) is 2.42. The van der Waals surface area contributed by atoms with Crippen molar-refractivity contribution in [3.63, 3.8) is 0 Å². The molecule has 17 heavy (non-hydrogen) atoms. The first-order chi connectivity index (χ1) is 8.24. The molecule has 0 spiro atoms. The van der Waals surface area contributed by atoms with Gasteiger partial charge in [-0.3, -0.25) is 4.79 Å². The van der Waals surface area contributed by atoms with Crippen LogP contribution in [-0.2, 0) is 4.79 Å². The van der Waals surface area contributed by atoms with Gasteiger partial charge in [0.25, 0.3) is 0 Å². The van der Waals surface area contributed by atoms with Crippen molar-refractivity contribution in [3.05, 3.63) is 18.2 Å². The number of benzene rings is 1. The number of amides is 1. The zero-order chi connectivity index (χ0) is 11.8. The molecular weight excluding hydrogens is 218 g/mol. The molecule has 1 aromatic carbocycles. The Hall–Kier alpha value is -1.71. The summed E-state index contributed by atoms with van der Waals surface area (Å²) < 4.78 is 10.9. The summed E-state index contributed by atoms with van der Waals surface area (Å²) in [6, 6.07) is 5.50. The second-order valence-corrected chi connectivity index (χ2v) is 4.67. The molecule has 1 aromatic rings. The summed E-state index contributed by atoms with van der Waals surface area (Å²) in [5.74, 6) is 2.26. The van der Waals surface area contributed by atoms with Gasteiger partial charge in [-0.05, 0) is 24.5 Å². The lowest BCUT2D eigenvalue weighted by Crippen LogP contribution is -2.17. The van der Waals surface area contributed by atoms with Crippen LogP contribution < -0.4 is 14.8 Å². The van der Waals surface area contributed by atoms with Gasteiger partial charge in [0.2, 0.25) is 5.91 Å². The Morgan fingerprint density at radius 1 is 1.29 bits per heavy atom. The third-order valence-electron chi connectivity index (χ3n) is 3.26. The summed E-state index contributed by atoms with van der Waals surface area (Å²) in [6.07, 6.45) is 0.996. The molecule has 0 saturated heterocycles. The van der Waals surface area contributed by atoms with E-state index in [1.165, 1.54) is 0 Å². The predicted octanol–water partition coefficient (Wildman–Crippen LogP) is 2.05. The number of anilines is 1. The van der Waals surface area contributed by atoms with Gasteiger partial charge in [-0.1, -0.05) is 6.92 Å². The number of rotatable bonds is 2. The van der Waals surface area contributed by atoms with E-state index in [2.05, 4.69) is 12.2 Å². The smallest absolute Gasteiger partial charge is 0.227 e. The summed E-state index contributed by atoms with van der Waals surface area (Å²) in [5.41, 5.74) is 0.776. The maximum absolute atomic E-state index is 11.8. The van der Waals surface area contributed by atoms with E-state index in [0.717, 1.165) is 17.9 Å². The van der Waals surface area contributed by atoms with Gasteiger partial charge in [-0.15, -0.1) is 0 Å². The van der Waals surface area contributed by atoms with E-state index in [4.69, 9.17) is 9.47 Å². The molecule has 1 N–H and O–H groups in total. The zero-order valence-electron chi connectivity index (χ0n) is 9.73. The summed E-state index contributed by atoms with van der Waals surface area (Å²) in [5, 5.41) is 2.91. The van der Waals surface area contributed by atoms with Crippen LogP contribution in [-0.4, -0.2) is 19.1 Å². The number of nitrogens with one attached hydrogen (secondary N) is 1. The summed E-state index contributed by atoms with van der Waals surface area (Å²) >= 11 is 0. The highest BCUT2D eigenvalue weighted by Gasteiger charge is 2.39. The Morgan fingerprint density at radius 2 is 2.00 bits per heavy atom. The van der Waals surface area contributed by atoms with Crippen LogP contribution in [0.5, 0.6) is 11.5 Å². The molecule has 4 nitrogen and oxygen atoms in total. The number of ether oxygens (including phenoxy) is 2. The van der Waals surface area contributed by atoms with E-state index < -0.39 is 0 Å². The van der Waals surface area contributed by atoms with Crippen molar-refractivity contribution in [2.75, 3.05) is 18.5 Å². The van der Waals surface area contributed by atoms with Crippen LogP contribution in [0.3, 0.4) is 0 Å². The maximum atomic E-state index is 11.8. The van der Waals surface area contributed by atoms with Crippen LogP contribution >= 0.6 is 0 Å². The average molecular weight is 233 g/mol. The second-order valence-electron chi connectivity index (χ2n) is 4.67. The molecule has 4 heteroatoms. The third-order valence-corrected chi connectivity index (χ3v) is 3.26. The number of fused-ring (bicyclic) bond motifs is 1. The first kappa shape index (κ1) is 10.4. The minimum atomic E-state index is 0.106. The standard InChI is InChI=1S/C13H15NO3/c1-8-6-10(8)13(15)14-9-2-3-11-12(7-9)17-5-4-16-11/h2-3,7-8,10H,4-6H2,1H3,(H,14,15). The van der Waals surface area contributed by atoms with Gasteiger partial charge < -0.3 is 14.8 Å². The van der Waals surface area contributed by atoms with Crippen molar-refractivity contribution in [1.29, 1.82) is 0 Å². The summed E-state index contributed by atoms with van der Waals surface area (Å²) in [4.78, 5) is 11.8. The van der Waals surface area contributed by atoms with E-state index >= 15 is 0 Å². The van der Waals surface area contributed by atoms with Crippen LogP contribution in [0, 0.1) is 11.8 Å². The van der Waals surface area contributed by atoms with Gasteiger partial charge in [0, 0.05) is 17.7 Å². The Bertz CT molecular complexity index is 458. The third kappa shape index (κ3) is 2.07. The molecule has 0 aromatic heterocycles. The molecule has 1 saturated carbocycles. The van der Waals surface area contributed by atoms with Gasteiger partial charge in [0.05, 0.1) is 0 Å². The van der Waals surface area contributed by atoms with Gasteiger partial charge in [-0.2, -0.15) is 0 Å². The van der Waals surface area contributed by atoms with E-state index in [1.54, 1.807) is 0 Å². The Labute approximate surface area is 99.9 Å². The van der Waals surface area contributed by atoms with Crippen LogP contribution in [0.15, 0.2) is 18.2 Å². The molecule has 1 amide bonds. The van der Waals surface area contributed by atoms with Gasteiger partial charge >= 0.3 is 0 Å². The highest BCUT2D eigenvalue weighted by atomic mass is 16.6. The topological polar surface area (TPSA) is 47.6 Å². The van der Waals surface area contributed by atoms with Crippen molar-refractivity contribution in [3.8, 4) is 11.5 Å². The van der Waals surface area contributed by atoms with Crippen molar-refractivity contribution >= 4 is 11.6 Å². The quantitative estimate of drug-likeness (QED) is 0.850. The molecule has 2 aliphatic rings. The summed E-state index contributed by atoms with van der Waals surface area (Å²) in [7, 11) is 0. The molecular formula is C13H15NO3. The molecule has 0 radical (unpaired) electrons. The maximum Gasteiger partial charge on any atom is 0.227 e. The lowest BCUT2D eigenvalue weighted by molar-refractivity contribution is -0.117. The van der Waals surface area contributed by atoms with E-state index in [0.29, 0.717) is 24.9 Å². The van der Waals surface area contributed by atoms with Crippen LogP contribution in [0.2, 0.25) is 0 Å². The fourth-order valence-corrected chi connectivity index (χ4v) is 2.04. The number of carbonyl (C=O) groups excluding carboxylic acids is 1. The SMILES string of the molecule is CC1CC1C(=O)Nc1ccc2c(c1)OCCO2. The first-order valence-corrected chi connectivity index (χ1v) is 5.94. The number of hydrogen-bond donors (Lipinski definition) is 1. The van der Waals surface area contributed by atoms with Crippen molar-refractivity contribution in [2.24, 2.45) is 11.8 Å². The molecule has 2 atom stereocenters. The van der Waals surface area contributed by atoms with Crippen LogP contribution in [0.1, 0.15) is 13.3 Å². The highest BCUT2D eigenvalue weighted by molar-refractivity contribution is 5.94. The zero-order valence-corrected chi connectivity index (χ0v) is 9.73. The molecule has 1 aliphatic carbocycles. The highest BCUT2D eigenvalue weighted by Crippen LogP contribution is 2.39. The minimum absolute atomic E-state index is 0.106. The number of hydrogen-bond acceptors (Lipinski definition) is 3. The number of carbonyl (C=O) groups is 1. The normalized spacial score (nSPS) is 25.2. The van der Waals surface area contributed by atoms with Gasteiger partial charge in [0.15, 0.2) is 11.5 Å². The average Bonchev–Trinajstić information content (AvgIpc) is 3.06. The lowest BCUT2D eigenvalue weighted by atomic mass is 10.2. The van der Waals surface area contributed by atoms with E-state index in [1.807, 2.05) is 18.2 Å². The molecule has 0 bridgehead atoms. The monoisotopic (exact) mass is 233 g/mol. The predicted molar refractivity (Wildman–Crippen MR) is 63.3 cm³/mol. The Balaban J connectivity index is 1.73. The molecule has 1 aliphatic heterocycles. The van der Waals surface area contributed by atoms with Crippen LogP contribution in [0.25, 0.3) is 0 Å². The van der Waals surface area contributed by atoms with Crippen molar-refractivity contribution in [1.82, 2.24) is 0 Å². The largest absolute Gasteiger partial charge is 0.486 e. The summed E-state index contributed by atoms with van der Waals surface area (Å²) in [6.45, 7) is 3.23. The molecule has 2 unspecified atom stereocenters. The molecule has 1 heterocycles. The first-order valence-electron chi connectivity index (χ1n) is 5.94. The van der Waals surface area contributed by atoms with Gasteiger partial charge in [-0.25, -0.2) is 0 Å². The fourth-order valence-electron chi connectivity index (χ4n) is 2.04. The van der Waals surface area contributed by atoms with E-state index in [-0.39, 0.29) is 11.8 Å². The van der Waals surface area contributed by atoms with Crippen LogP contribution in [0.4, 0.5) is 5.69 Å². The molecule has 90 valence electrons. The lowest BCUT2D eigenvalue weighted by Gasteiger charge is -2.19. The van der Waals surface area contributed by atoms with Crippen molar-refractivity contribution in [2.45, 2.75) is 13.3 Å². The minimum Gasteiger partial charge on any atom is -0.486 e. The molecule has 1 fully saturated rings. The van der Waals surface area contributed by atoms with Gasteiger partial charge in [0.1, 0.15) is 13.2 Å². The fraction of sp³-hybridized carbons (Fsp3) is 0.462.